The van der Waals surface area contributed by atoms with Crippen molar-refractivity contribution in [2.24, 2.45) is 0 Å². The molecule has 0 fully saturated rings. The van der Waals surface area contributed by atoms with Gasteiger partial charge in [-0.3, -0.25) is 14.3 Å². The predicted molar refractivity (Wildman–Crippen MR) is 101 cm³/mol. The molecule has 1 amide bonds. The fourth-order valence-corrected chi connectivity index (χ4v) is 3.51. The van der Waals surface area contributed by atoms with Crippen LogP contribution in [0, 0.1) is 11.6 Å². The van der Waals surface area contributed by atoms with Gasteiger partial charge in [0.1, 0.15) is 11.6 Å². The van der Waals surface area contributed by atoms with Gasteiger partial charge in [-0.05, 0) is 23.8 Å². The minimum atomic E-state index is -4.75. The number of halogens is 5. The lowest BCUT2D eigenvalue weighted by Crippen LogP contribution is -2.23. The highest BCUT2D eigenvalue weighted by Crippen LogP contribution is 2.25. The number of hydrogen-bond acceptors (Lipinski definition) is 5. The van der Waals surface area contributed by atoms with Crippen molar-refractivity contribution >= 4 is 33.2 Å². The normalized spacial score (nSPS) is 11.8. The van der Waals surface area contributed by atoms with Crippen LogP contribution in [0.25, 0.3) is 0 Å². The highest BCUT2D eigenvalue weighted by atomic mass is 32.2. The summed E-state index contributed by atoms with van der Waals surface area (Å²) in [5, 5.41) is 2.39. The van der Waals surface area contributed by atoms with Crippen LogP contribution in [0.3, 0.4) is 0 Å². The fourth-order valence-electron chi connectivity index (χ4n) is 2.41. The van der Waals surface area contributed by atoms with Gasteiger partial charge in [-0.25, -0.2) is 22.2 Å². The third-order valence-corrected chi connectivity index (χ3v) is 5.06. The lowest BCUT2D eigenvalue weighted by atomic mass is 10.0. The van der Waals surface area contributed by atoms with Gasteiger partial charge in [-0.1, -0.05) is 6.07 Å². The first-order valence-electron chi connectivity index (χ1n) is 8.58. The van der Waals surface area contributed by atoms with E-state index in [2.05, 4.69) is 10.3 Å². The van der Waals surface area contributed by atoms with E-state index >= 15 is 0 Å². The van der Waals surface area contributed by atoms with Crippen molar-refractivity contribution in [3.05, 3.63) is 53.2 Å². The van der Waals surface area contributed by atoms with Gasteiger partial charge < -0.3 is 5.32 Å². The quantitative estimate of drug-likeness (QED) is 0.459. The number of hydrogen-bond donors (Lipinski definition) is 2. The molecule has 1 heterocycles. The second kappa shape index (κ2) is 9.37. The standard InChI is InChI=1S/C18H16F5N3O4S/c1-10(27)25-15-5-2-11(9-24-15)8-14(28)16-12(19)3-4-13(17(16)20)26-31(29,30)7-6-18(21,22)23/h2-5,9,26H,6-8H2,1H3,(H,24,25,27). The van der Waals surface area contributed by atoms with Crippen LogP contribution in [0.2, 0.25) is 0 Å². The van der Waals surface area contributed by atoms with E-state index in [-0.39, 0.29) is 17.3 Å². The number of Topliss-reactive ketones (excluding diaryl/α,β-unsaturated/α-hetero) is 1. The third kappa shape index (κ3) is 7.27. The van der Waals surface area contributed by atoms with Crippen molar-refractivity contribution in [3.8, 4) is 0 Å². The Balaban J connectivity index is 2.21. The number of alkyl halides is 3. The van der Waals surface area contributed by atoms with E-state index in [1.807, 2.05) is 0 Å². The number of sulfonamides is 1. The van der Waals surface area contributed by atoms with Gasteiger partial charge in [0.25, 0.3) is 0 Å². The summed E-state index contributed by atoms with van der Waals surface area (Å²) >= 11 is 0. The Morgan fingerprint density at radius 2 is 1.77 bits per heavy atom. The van der Waals surface area contributed by atoms with Gasteiger partial charge in [0, 0.05) is 19.5 Å². The summed E-state index contributed by atoms with van der Waals surface area (Å²) in [5.74, 6) is -5.44. The number of rotatable bonds is 8. The molecule has 0 aliphatic rings. The van der Waals surface area contributed by atoms with Crippen molar-refractivity contribution in [3.63, 3.8) is 0 Å². The summed E-state index contributed by atoms with van der Waals surface area (Å²) in [6, 6.07) is 4.03. The zero-order valence-electron chi connectivity index (χ0n) is 15.9. The number of anilines is 2. The number of ketones is 1. The SMILES string of the molecule is CC(=O)Nc1ccc(CC(=O)c2c(F)ccc(NS(=O)(=O)CCC(F)(F)F)c2F)cn1. The Labute approximate surface area is 173 Å². The Morgan fingerprint density at radius 1 is 1.10 bits per heavy atom. The molecule has 0 saturated carbocycles. The number of nitrogens with zero attached hydrogens (tertiary/aromatic N) is 1. The number of aromatic nitrogens is 1. The highest BCUT2D eigenvalue weighted by Gasteiger charge is 2.30. The maximum absolute atomic E-state index is 14.6. The van der Waals surface area contributed by atoms with Crippen molar-refractivity contribution in [1.82, 2.24) is 4.98 Å². The largest absolute Gasteiger partial charge is 0.390 e. The molecule has 1 aromatic carbocycles. The van der Waals surface area contributed by atoms with Crippen molar-refractivity contribution in [1.29, 1.82) is 0 Å². The van der Waals surface area contributed by atoms with Gasteiger partial charge in [0.05, 0.1) is 23.4 Å². The summed E-state index contributed by atoms with van der Waals surface area (Å²) in [7, 11) is -4.61. The molecule has 2 N–H and O–H groups in total. The van der Waals surface area contributed by atoms with Crippen molar-refractivity contribution in [2.45, 2.75) is 25.9 Å². The fraction of sp³-hybridized carbons (Fsp3) is 0.278. The zero-order valence-corrected chi connectivity index (χ0v) is 16.7. The maximum Gasteiger partial charge on any atom is 0.390 e. The van der Waals surface area contributed by atoms with E-state index < -0.39 is 63.5 Å². The summed E-state index contributed by atoms with van der Waals surface area (Å²) in [6.45, 7) is 1.26. The van der Waals surface area contributed by atoms with Crippen LogP contribution in [0.5, 0.6) is 0 Å². The lowest BCUT2D eigenvalue weighted by molar-refractivity contribution is -0.130. The van der Waals surface area contributed by atoms with E-state index in [0.29, 0.717) is 12.1 Å². The summed E-state index contributed by atoms with van der Waals surface area (Å²) in [6.07, 6.45) is -5.73. The number of carbonyl (C=O) groups excluding carboxylic acids is 2. The number of nitrogens with one attached hydrogen (secondary N) is 2. The molecule has 0 atom stereocenters. The monoisotopic (exact) mass is 465 g/mol. The lowest BCUT2D eigenvalue weighted by Gasteiger charge is -2.13. The molecule has 2 rings (SSSR count). The Morgan fingerprint density at radius 3 is 2.32 bits per heavy atom. The Kier molecular flexibility index (Phi) is 7.31. The van der Waals surface area contributed by atoms with E-state index in [1.54, 1.807) is 4.72 Å². The number of benzene rings is 1. The highest BCUT2D eigenvalue weighted by molar-refractivity contribution is 7.92. The molecule has 168 valence electrons. The van der Waals surface area contributed by atoms with Crippen LogP contribution in [0.4, 0.5) is 33.5 Å². The smallest absolute Gasteiger partial charge is 0.311 e. The number of amides is 1. The summed E-state index contributed by atoms with van der Waals surface area (Å²) < 4.78 is 90.5. The van der Waals surface area contributed by atoms with Gasteiger partial charge in [-0.2, -0.15) is 13.2 Å². The van der Waals surface area contributed by atoms with Crippen LogP contribution in [-0.4, -0.2) is 37.0 Å². The van der Waals surface area contributed by atoms with E-state index in [9.17, 15) is 40.0 Å². The molecule has 0 aliphatic carbocycles. The minimum Gasteiger partial charge on any atom is -0.311 e. The van der Waals surface area contributed by atoms with E-state index in [1.165, 1.54) is 25.3 Å². The van der Waals surface area contributed by atoms with Crippen LogP contribution in [0.15, 0.2) is 30.5 Å². The third-order valence-electron chi connectivity index (χ3n) is 3.78. The average molecular weight is 465 g/mol. The maximum atomic E-state index is 14.6. The molecule has 31 heavy (non-hydrogen) atoms. The van der Waals surface area contributed by atoms with Gasteiger partial charge in [-0.15, -0.1) is 0 Å². The summed E-state index contributed by atoms with van der Waals surface area (Å²) in [4.78, 5) is 27.2. The van der Waals surface area contributed by atoms with Crippen LogP contribution < -0.4 is 10.0 Å². The second-order valence-electron chi connectivity index (χ2n) is 6.40. The average Bonchev–Trinajstić information content (AvgIpc) is 2.63. The first kappa shape index (κ1) is 24.2. The molecular weight excluding hydrogens is 449 g/mol. The first-order chi connectivity index (χ1) is 14.3. The molecule has 13 heteroatoms. The Hall–Kier alpha value is -3.09. The number of pyridine rings is 1. The van der Waals surface area contributed by atoms with Gasteiger partial charge >= 0.3 is 6.18 Å². The van der Waals surface area contributed by atoms with Crippen LogP contribution in [-0.2, 0) is 21.2 Å². The van der Waals surface area contributed by atoms with Gasteiger partial charge in [0.2, 0.25) is 15.9 Å². The molecular formula is C18H16F5N3O4S. The number of carbonyl (C=O) groups is 2. The Bertz CT molecular complexity index is 1090. The molecule has 7 nitrogen and oxygen atoms in total. The van der Waals surface area contributed by atoms with Crippen molar-refractivity contribution < 1.29 is 40.0 Å². The van der Waals surface area contributed by atoms with Crippen LogP contribution >= 0.6 is 0 Å². The molecule has 0 bridgehead atoms. The topological polar surface area (TPSA) is 105 Å². The molecule has 0 radical (unpaired) electrons. The summed E-state index contributed by atoms with van der Waals surface area (Å²) in [5.41, 5.74) is -1.66. The molecule has 0 unspecified atom stereocenters. The van der Waals surface area contributed by atoms with Crippen LogP contribution in [0.1, 0.15) is 29.3 Å². The molecule has 1 aromatic heterocycles. The molecule has 2 aromatic rings. The minimum absolute atomic E-state index is 0.191. The molecule has 0 spiro atoms. The van der Waals surface area contributed by atoms with E-state index in [0.717, 1.165) is 0 Å². The zero-order chi connectivity index (χ0) is 23.4. The predicted octanol–water partition coefficient (Wildman–Crippen LogP) is 3.44. The molecule has 0 saturated heterocycles. The van der Waals surface area contributed by atoms with Crippen molar-refractivity contribution in [2.75, 3.05) is 15.8 Å². The molecule has 0 aliphatic heterocycles. The second-order valence-corrected chi connectivity index (χ2v) is 8.24. The van der Waals surface area contributed by atoms with E-state index in [4.69, 9.17) is 0 Å². The van der Waals surface area contributed by atoms with Gasteiger partial charge in [0.15, 0.2) is 11.6 Å². The first-order valence-corrected chi connectivity index (χ1v) is 10.2.